The van der Waals surface area contributed by atoms with Gasteiger partial charge in [-0.1, -0.05) is 11.6 Å². The van der Waals surface area contributed by atoms with Gasteiger partial charge in [0, 0.05) is 13.0 Å². The van der Waals surface area contributed by atoms with Crippen LogP contribution in [0.25, 0.3) is 0 Å². The molecule has 2 N–H and O–H groups in total. The fourth-order valence-corrected chi connectivity index (χ4v) is 2.36. The Morgan fingerprint density at radius 2 is 2.19 bits per heavy atom. The summed E-state index contributed by atoms with van der Waals surface area (Å²) in [5, 5.41) is 18.5. The minimum atomic E-state index is -1.18. The van der Waals surface area contributed by atoms with Gasteiger partial charge in [-0.3, -0.25) is 4.79 Å². The van der Waals surface area contributed by atoms with Crippen molar-refractivity contribution in [3.8, 4) is 5.75 Å². The molecule has 1 aliphatic heterocycles. The number of β-amino-alcohol motifs (C(OH)–C–C–N with tert-alkyl or cyclic N) is 1. The van der Waals surface area contributed by atoms with Crippen LogP contribution >= 0.6 is 11.6 Å². The molecule has 0 aromatic heterocycles. The Morgan fingerprint density at radius 1 is 1.48 bits per heavy atom. The average molecular weight is 318 g/mol. The number of benzene rings is 1. The van der Waals surface area contributed by atoms with Crippen LogP contribution in [0.15, 0.2) is 18.2 Å². The summed E-state index contributed by atoms with van der Waals surface area (Å²) in [6, 6.07) is 2.38. The van der Waals surface area contributed by atoms with Crippen molar-refractivity contribution in [2.45, 2.75) is 18.6 Å². The third-order valence-corrected chi connectivity index (χ3v) is 3.42. The van der Waals surface area contributed by atoms with Crippen LogP contribution in [0.2, 0.25) is 5.02 Å². The van der Waals surface area contributed by atoms with E-state index in [1.165, 1.54) is 6.07 Å². The molecule has 1 saturated heterocycles. The summed E-state index contributed by atoms with van der Waals surface area (Å²) in [4.78, 5) is 24.0. The van der Waals surface area contributed by atoms with Crippen LogP contribution in [0, 0.1) is 5.82 Å². The van der Waals surface area contributed by atoms with E-state index < -0.39 is 36.4 Å². The topological polar surface area (TPSA) is 87.1 Å². The highest BCUT2D eigenvalue weighted by Crippen LogP contribution is 2.25. The zero-order chi connectivity index (χ0) is 15.6. The van der Waals surface area contributed by atoms with Gasteiger partial charge in [-0.25, -0.2) is 9.18 Å². The molecule has 1 aliphatic rings. The van der Waals surface area contributed by atoms with Crippen molar-refractivity contribution in [2.24, 2.45) is 0 Å². The number of amides is 1. The molecule has 1 amide bonds. The summed E-state index contributed by atoms with van der Waals surface area (Å²) in [7, 11) is 0. The summed E-state index contributed by atoms with van der Waals surface area (Å²) < 4.78 is 18.0. The number of carboxylic acid groups (broad SMARTS) is 1. The Morgan fingerprint density at radius 3 is 2.81 bits per heavy atom. The highest BCUT2D eigenvalue weighted by atomic mass is 35.5. The molecule has 0 aliphatic carbocycles. The Labute approximate surface area is 124 Å². The molecule has 1 heterocycles. The van der Waals surface area contributed by atoms with Gasteiger partial charge in [0.15, 0.2) is 6.61 Å². The Balaban J connectivity index is 1.99. The summed E-state index contributed by atoms with van der Waals surface area (Å²) >= 11 is 5.75. The molecule has 0 spiro atoms. The van der Waals surface area contributed by atoms with Crippen molar-refractivity contribution in [2.75, 3.05) is 13.2 Å². The lowest BCUT2D eigenvalue weighted by atomic mass is 10.2. The molecule has 0 bridgehead atoms. The maximum Gasteiger partial charge on any atom is 0.326 e. The van der Waals surface area contributed by atoms with E-state index >= 15 is 0 Å². The van der Waals surface area contributed by atoms with Gasteiger partial charge in [-0.05, 0) is 18.2 Å². The second kappa shape index (κ2) is 6.28. The van der Waals surface area contributed by atoms with Crippen LogP contribution in [0.5, 0.6) is 5.75 Å². The summed E-state index contributed by atoms with van der Waals surface area (Å²) in [5.41, 5.74) is 0. The number of halogens is 2. The van der Waals surface area contributed by atoms with Crippen molar-refractivity contribution in [1.82, 2.24) is 4.90 Å². The summed E-state index contributed by atoms with van der Waals surface area (Å²) in [6.07, 6.45) is -0.886. The van der Waals surface area contributed by atoms with Gasteiger partial charge >= 0.3 is 5.97 Å². The van der Waals surface area contributed by atoms with Gasteiger partial charge in [0.05, 0.1) is 11.1 Å². The van der Waals surface area contributed by atoms with Crippen LogP contribution in [-0.4, -0.2) is 52.3 Å². The fourth-order valence-electron chi connectivity index (χ4n) is 2.14. The molecule has 21 heavy (non-hydrogen) atoms. The number of rotatable bonds is 4. The van der Waals surface area contributed by atoms with E-state index in [1.807, 2.05) is 0 Å². The SMILES string of the molecule is O=C(O)[C@H]1C[C@@H](O)CN1C(=O)COc1ccc(F)cc1Cl. The van der Waals surface area contributed by atoms with Crippen molar-refractivity contribution < 1.29 is 28.9 Å². The smallest absolute Gasteiger partial charge is 0.326 e. The largest absolute Gasteiger partial charge is 0.482 e. The standard InChI is InChI=1S/C13H13ClFNO5/c14-9-3-7(15)1-2-11(9)21-6-12(18)16-5-8(17)4-10(16)13(19)20/h1-3,8,10,17H,4-6H2,(H,19,20)/t8-,10-/m1/s1. The van der Waals surface area contributed by atoms with E-state index in [4.69, 9.17) is 21.4 Å². The third-order valence-electron chi connectivity index (χ3n) is 3.13. The normalized spacial score (nSPS) is 21.4. The Bertz CT molecular complexity index is 567. The molecule has 0 unspecified atom stereocenters. The number of aliphatic hydroxyl groups is 1. The van der Waals surface area contributed by atoms with E-state index in [9.17, 15) is 19.1 Å². The molecule has 0 radical (unpaired) electrons. The molecular formula is C13H13ClFNO5. The van der Waals surface area contributed by atoms with Gasteiger partial charge in [0.25, 0.3) is 5.91 Å². The van der Waals surface area contributed by atoms with Crippen molar-refractivity contribution in [1.29, 1.82) is 0 Å². The molecule has 6 nitrogen and oxygen atoms in total. The third kappa shape index (κ3) is 3.62. The lowest BCUT2D eigenvalue weighted by molar-refractivity contribution is -0.148. The highest BCUT2D eigenvalue weighted by Gasteiger charge is 2.38. The number of aliphatic carboxylic acids is 1. The number of aliphatic hydroxyl groups excluding tert-OH is 1. The number of ether oxygens (including phenoxy) is 1. The summed E-state index contributed by atoms with van der Waals surface area (Å²) in [5.74, 6) is -2.18. The van der Waals surface area contributed by atoms with Gasteiger partial charge in [-0.2, -0.15) is 0 Å². The first kappa shape index (κ1) is 15.5. The first-order valence-electron chi connectivity index (χ1n) is 6.16. The van der Waals surface area contributed by atoms with Gasteiger partial charge in [-0.15, -0.1) is 0 Å². The molecular weight excluding hydrogens is 305 g/mol. The quantitative estimate of drug-likeness (QED) is 0.861. The molecule has 8 heteroatoms. The molecule has 2 atom stereocenters. The lowest BCUT2D eigenvalue weighted by Gasteiger charge is -2.21. The summed E-state index contributed by atoms with van der Waals surface area (Å²) in [6.45, 7) is -0.502. The first-order chi connectivity index (χ1) is 9.88. The Hall–Kier alpha value is -1.86. The van der Waals surface area contributed by atoms with Crippen LogP contribution in [-0.2, 0) is 9.59 Å². The van der Waals surface area contributed by atoms with Gasteiger partial charge in [0.1, 0.15) is 17.6 Å². The number of nitrogens with zero attached hydrogens (tertiary/aromatic N) is 1. The molecule has 1 aromatic carbocycles. The minimum absolute atomic E-state index is 0.0130. The van der Waals surface area contributed by atoms with E-state index in [-0.39, 0.29) is 23.7 Å². The van der Waals surface area contributed by atoms with E-state index in [1.54, 1.807) is 0 Å². The zero-order valence-corrected chi connectivity index (χ0v) is 11.6. The van der Waals surface area contributed by atoms with E-state index in [0.717, 1.165) is 17.0 Å². The van der Waals surface area contributed by atoms with Crippen LogP contribution in [0.1, 0.15) is 6.42 Å². The molecule has 1 fully saturated rings. The second-order valence-electron chi connectivity index (χ2n) is 4.65. The average Bonchev–Trinajstić information content (AvgIpc) is 2.80. The van der Waals surface area contributed by atoms with Crippen molar-refractivity contribution in [3.05, 3.63) is 29.0 Å². The number of hydrogen-bond acceptors (Lipinski definition) is 4. The predicted octanol–water partition coefficient (Wildman–Crippen LogP) is 0.904. The maximum absolute atomic E-state index is 12.9. The van der Waals surface area contributed by atoms with E-state index in [0.29, 0.717) is 0 Å². The highest BCUT2D eigenvalue weighted by molar-refractivity contribution is 6.32. The number of likely N-dealkylation sites (tertiary alicyclic amines) is 1. The molecule has 114 valence electrons. The minimum Gasteiger partial charge on any atom is -0.482 e. The fraction of sp³-hybridized carbons (Fsp3) is 0.385. The predicted molar refractivity (Wildman–Crippen MR) is 70.7 cm³/mol. The molecule has 1 aromatic rings. The van der Waals surface area contributed by atoms with Crippen LogP contribution in [0.3, 0.4) is 0 Å². The van der Waals surface area contributed by atoms with Crippen molar-refractivity contribution >= 4 is 23.5 Å². The zero-order valence-electron chi connectivity index (χ0n) is 10.8. The van der Waals surface area contributed by atoms with Crippen molar-refractivity contribution in [3.63, 3.8) is 0 Å². The number of hydrogen-bond donors (Lipinski definition) is 2. The van der Waals surface area contributed by atoms with Gasteiger partial charge < -0.3 is 19.8 Å². The second-order valence-corrected chi connectivity index (χ2v) is 5.06. The molecule has 0 saturated carbocycles. The van der Waals surface area contributed by atoms with E-state index in [2.05, 4.69) is 0 Å². The lowest BCUT2D eigenvalue weighted by Crippen LogP contribution is -2.42. The monoisotopic (exact) mass is 317 g/mol. The number of carbonyl (C=O) groups is 2. The van der Waals surface area contributed by atoms with Gasteiger partial charge in [0.2, 0.25) is 0 Å². The van der Waals surface area contributed by atoms with Crippen LogP contribution < -0.4 is 4.74 Å². The number of carboxylic acids is 1. The number of carbonyl (C=O) groups excluding carboxylic acids is 1. The van der Waals surface area contributed by atoms with Crippen LogP contribution in [0.4, 0.5) is 4.39 Å². The Kier molecular flexibility index (Phi) is 4.64. The maximum atomic E-state index is 12.9. The molecule has 2 rings (SSSR count). The first-order valence-corrected chi connectivity index (χ1v) is 6.54.